The molecule has 0 bridgehead atoms. The number of anilines is 2. The molecular formula is C26H29NO4S. The van der Waals surface area contributed by atoms with Crippen molar-refractivity contribution in [2.45, 2.75) is 38.0 Å². The van der Waals surface area contributed by atoms with Gasteiger partial charge in [0.15, 0.2) is 0 Å². The third-order valence-electron chi connectivity index (χ3n) is 5.29. The second-order valence-electron chi connectivity index (χ2n) is 9.07. The molecule has 0 saturated carbocycles. The van der Waals surface area contributed by atoms with E-state index in [9.17, 15) is 8.42 Å². The van der Waals surface area contributed by atoms with Gasteiger partial charge in [0.1, 0.15) is 18.5 Å². The van der Waals surface area contributed by atoms with Gasteiger partial charge < -0.3 is 9.47 Å². The van der Waals surface area contributed by atoms with Gasteiger partial charge in [0.25, 0.3) is 0 Å². The summed E-state index contributed by atoms with van der Waals surface area (Å²) in [6.07, 6.45) is 0.115. The van der Waals surface area contributed by atoms with Crippen LogP contribution in [0.2, 0.25) is 0 Å². The second kappa shape index (κ2) is 8.96. The van der Waals surface area contributed by atoms with Crippen molar-refractivity contribution in [1.29, 1.82) is 0 Å². The van der Waals surface area contributed by atoms with Crippen LogP contribution in [0.1, 0.15) is 31.9 Å². The van der Waals surface area contributed by atoms with Gasteiger partial charge in [-0.1, -0.05) is 69.3 Å². The van der Waals surface area contributed by atoms with E-state index in [1.54, 1.807) is 6.07 Å². The Morgan fingerprint density at radius 3 is 2.16 bits per heavy atom. The molecule has 1 unspecified atom stereocenters. The lowest BCUT2D eigenvalue weighted by Crippen LogP contribution is -2.28. The first kappa shape index (κ1) is 22.4. The molecule has 0 amide bonds. The number of hydrogen-bond donors (Lipinski definition) is 0. The monoisotopic (exact) mass is 451 g/mol. The predicted octanol–water partition coefficient (Wildman–Crippen LogP) is 5.43. The first-order valence-corrected chi connectivity index (χ1v) is 12.4. The van der Waals surface area contributed by atoms with E-state index in [-0.39, 0.29) is 17.3 Å². The fourth-order valence-electron chi connectivity index (χ4n) is 3.45. The molecular weight excluding hydrogens is 422 g/mol. The van der Waals surface area contributed by atoms with Crippen LogP contribution in [0.25, 0.3) is 0 Å². The summed E-state index contributed by atoms with van der Waals surface area (Å²) in [7, 11) is -3.73. The van der Waals surface area contributed by atoms with Gasteiger partial charge in [-0.15, -0.1) is 0 Å². The molecule has 1 aliphatic heterocycles. The fourth-order valence-corrected chi connectivity index (χ4v) is 5.07. The summed E-state index contributed by atoms with van der Waals surface area (Å²) in [6.45, 7) is 7.46. The quantitative estimate of drug-likeness (QED) is 0.429. The summed E-state index contributed by atoms with van der Waals surface area (Å²) in [5, 5.41) is 0. The Bertz CT molecular complexity index is 1150. The zero-order valence-electron chi connectivity index (χ0n) is 18.7. The first-order valence-electron chi connectivity index (χ1n) is 10.7. The molecule has 0 aromatic heterocycles. The Kier molecular flexibility index (Phi) is 6.26. The Balaban J connectivity index is 1.80. The molecule has 0 N–H and O–H groups in total. The highest BCUT2D eigenvalue weighted by molar-refractivity contribution is 7.92. The lowest BCUT2D eigenvalue weighted by atomic mass is 9.86. The van der Waals surface area contributed by atoms with E-state index in [0.29, 0.717) is 30.3 Å². The normalized spacial score (nSPS) is 15.9. The van der Waals surface area contributed by atoms with Gasteiger partial charge in [0.2, 0.25) is 10.0 Å². The third-order valence-corrected chi connectivity index (χ3v) is 6.97. The Labute approximate surface area is 190 Å². The van der Waals surface area contributed by atoms with Crippen LogP contribution in [0.3, 0.4) is 0 Å². The highest BCUT2D eigenvalue weighted by Gasteiger charge is 2.28. The summed E-state index contributed by atoms with van der Waals surface area (Å²) in [4.78, 5) is 0. The highest BCUT2D eigenvalue weighted by atomic mass is 32.2. The van der Waals surface area contributed by atoms with Gasteiger partial charge in [0.05, 0.1) is 23.7 Å². The number of para-hydroxylation sites is 1. The molecule has 0 aliphatic carbocycles. The van der Waals surface area contributed by atoms with Crippen LogP contribution in [-0.4, -0.2) is 27.7 Å². The number of ether oxygens (including phenoxy) is 2. The van der Waals surface area contributed by atoms with Gasteiger partial charge in [-0.25, -0.2) is 12.7 Å². The number of rotatable bonds is 8. The van der Waals surface area contributed by atoms with Crippen molar-refractivity contribution in [2.75, 3.05) is 17.5 Å². The molecule has 1 saturated heterocycles. The van der Waals surface area contributed by atoms with Gasteiger partial charge >= 0.3 is 0 Å². The standard InChI is InChI=1S/C26H29NO4S/c1-26(2,3)21-14-23(16-24(15-21)30-17-25-18-31-25)27(22-12-8-5-9-13-22)32(28,29)19-20-10-6-4-7-11-20/h4-16,25H,17-19H2,1-3H3. The maximum Gasteiger partial charge on any atom is 0.243 e. The summed E-state index contributed by atoms with van der Waals surface area (Å²) < 4.78 is 40.1. The van der Waals surface area contributed by atoms with Crippen molar-refractivity contribution >= 4 is 21.4 Å². The van der Waals surface area contributed by atoms with Crippen molar-refractivity contribution < 1.29 is 17.9 Å². The van der Waals surface area contributed by atoms with Crippen LogP contribution < -0.4 is 9.04 Å². The smallest absolute Gasteiger partial charge is 0.243 e. The molecule has 3 aromatic carbocycles. The molecule has 6 heteroatoms. The molecule has 32 heavy (non-hydrogen) atoms. The van der Waals surface area contributed by atoms with E-state index >= 15 is 0 Å². The van der Waals surface area contributed by atoms with Crippen LogP contribution >= 0.6 is 0 Å². The zero-order valence-corrected chi connectivity index (χ0v) is 19.5. The molecule has 0 radical (unpaired) electrons. The molecule has 1 heterocycles. The molecule has 0 spiro atoms. The van der Waals surface area contributed by atoms with Gasteiger partial charge in [-0.2, -0.15) is 0 Å². The minimum Gasteiger partial charge on any atom is -0.491 e. The summed E-state index contributed by atoms with van der Waals surface area (Å²) >= 11 is 0. The number of benzene rings is 3. The lowest BCUT2D eigenvalue weighted by molar-refractivity contribution is 0.262. The predicted molar refractivity (Wildman–Crippen MR) is 128 cm³/mol. The summed E-state index contributed by atoms with van der Waals surface area (Å²) in [6, 6.07) is 24.1. The molecule has 1 aliphatic rings. The molecule has 4 rings (SSSR count). The van der Waals surface area contributed by atoms with E-state index in [4.69, 9.17) is 9.47 Å². The van der Waals surface area contributed by atoms with Crippen molar-refractivity contribution in [1.82, 2.24) is 0 Å². The third kappa shape index (κ3) is 5.50. The minimum atomic E-state index is -3.73. The first-order chi connectivity index (χ1) is 15.2. The Hall–Kier alpha value is -2.83. The van der Waals surface area contributed by atoms with Crippen molar-refractivity contribution in [2.24, 2.45) is 0 Å². The van der Waals surface area contributed by atoms with Crippen molar-refractivity contribution in [3.05, 3.63) is 90.0 Å². The van der Waals surface area contributed by atoms with E-state index < -0.39 is 10.0 Å². The van der Waals surface area contributed by atoms with Crippen LogP contribution in [0.4, 0.5) is 11.4 Å². The van der Waals surface area contributed by atoms with E-state index in [1.807, 2.05) is 72.8 Å². The van der Waals surface area contributed by atoms with Gasteiger partial charge in [-0.05, 0) is 40.8 Å². The lowest BCUT2D eigenvalue weighted by Gasteiger charge is -2.28. The van der Waals surface area contributed by atoms with E-state index in [2.05, 4.69) is 20.8 Å². The number of nitrogens with zero attached hydrogens (tertiary/aromatic N) is 1. The Morgan fingerprint density at radius 2 is 1.56 bits per heavy atom. The van der Waals surface area contributed by atoms with E-state index in [0.717, 1.165) is 11.1 Å². The maximum absolute atomic E-state index is 13.7. The molecule has 1 fully saturated rings. The SMILES string of the molecule is CC(C)(C)c1cc(OCC2CO2)cc(N(c2ccccc2)S(=O)(=O)Cc2ccccc2)c1. The molecule has 168 valence electrons. The van der Waals surface area contributed by atoms with Crippen molar-refractivity contribution in [3.8, 4) is 5.75 Å². The summed E-state index contributed by atoms with van der Waals surface area (Å²) in [5.41, 5.74) is 2.70. The number of epoxide rings is 1. The molecule has 5 nitrogen and oxygen atoms in total. The topological polar surface area (TPSA) is 59.1 Å². The summed E-state index contributed by atoms with van der Waals surface area (Å²) in [5.74, 6) is 0.535. The van der Waals surface area contributed by atoms with Crippen molar-refractivity contribution in [3.63, 3.8) is 0 Å². The van der Waals surface area contributed by atoms with Crippen LogP contribution in [0.5, 0.6) is 5.75 Å². The largest absolute Gasteiger partial charge is 0.491 e. The van der Waals surface area contributed by atoms with Gasteiger partial charge in [-0.3, -0.25) is 0 Å². The van der Waals surface area contributed by atoms with Gasteiger partial charge in [0, 0.05) is 6.07 Å². The van der Waals surface area contributed by atoms with Crippen LogP contribution in [0.15, 0.2) is 78.9 Å². The molecule has 3 aromatic rings. The average Bonchev–Trinajstić information content (AvgIpc) is 3.57. The second-order valence-corrected chi connectivity index (χ2v) is 10.9. The average molecular weight is 452 g/mol. The van der Waals surface area contributed by atoms with Crippen LogP contribution in [0, 0.1) is 0 Å². The van der Waals surface area contributed by atoms with E-state index in [1.165, 1.54) is 4.31 Å². The number of sulfonamides is 1. The highest BCUT2D eigenvalue weighted by Crippen LogP contribution is 2.37. The number of hydrogen-bond acceptors (Lipinski definition) is 4. The molecule has 1 atom stereocenters. The zero-order chi connectivity index (χ0) is 22.8. The maximum atomic E-state index is 13.7. The van der Waals surface area contributed by atoms with Crippen LogP contribution in [-0.2, 0) is 25.9 Å². The Morgan fingerprint density at radius 1 is 0.938 bits per heavy atom. The minimum absolute atomic E-state index is 0.103. The fraction of sp³-hybridized carbons (Fsp3) is 0.308.